The zero-order valence-corrected chi connectivity index (χ0v) is 17.6. The van der Waals surface area contributed by atoms with Crippen molar-refractivity contribution in [3.05, 3.63) is 51.5 Å². The van der Waals surface area contributed by atoms with Gasteiger partial charge in [0.1, 0.15) is 10.9 Å². The highest BCUT2D eigenvalue weighted by molar-refractivity contribution is 7.20. The summed E-state index contributed by atoms with van der Waals surface area (Å²) in [5.41, 5.74) is 7.26. The lowest BCUT2D eigenvalue weighted by molar-refractivity contribution is -0.120. The van der Waals surface area contributed by atoms with Crippen molar-refractivity contribution >= 4 is 45.0 Å². The number of thiophene rings is 1. The molecule has 2 aromatic heterocycles. The van der Waals surface area contributed by atoms with Crippen molar-refractivity contribution in [2.75, 3.05) is 0 Å². The number of nitrogens with zero attached hydrogens (tertiary/aromatic N) is 2. The van der Waals surface area contributed by atoms with Crippen LogP contribution in [-0.2, 0) is 11.3 Å². The summed E-state index contributed by atoms with van der Waals surface area (Å²) in [5, 5.41) is 8.95. The van der Waals surface area contributed by atoms with Crippen molar-refractivity contribution in [1.29, 1.82) is 0 Å². The number of hydrogen-bond acceptors (Lipinski definition) is 4. The highest BCUT2D eigenvalue weighted by atomic mass is 35.5. The largest absolute Gasteiger partial charge is 0.368 e. The zero-order chi connectivity index (χ0) is 20.4. The van der Waals surface area contributed by atoms with Crippen LogP contribution in [0.1, 0.15) is 41.2 Å². The lowest BCUT2D eigenvalue weighted by Gasteiger charge is -2.20. The van der Waals surface area contributed by atoms with Gasteiger partial charge in [0.05, 0.1) is 17.1 Å². The van der Waals surface area contributed by atoms with Crippen LogP contribution in [0.25, 0.3) is 10.2 Å². The van der Waals surface area contributed by atoms with Gasteiger partial charge in [-0.25, -0.2) is 0 Å². The number of aryl methyl sites for hydroxylation is 1. The molecule has 2 heterocycles. The van der Waals surface area contributed by atoms with E-state index in [2.05, 4.69) is 10.4 Å². The summed E-state index contributed by atoms with van der Waals surface area (Å²) in [5.74, 6) is -0.854. The molecule has 0 spiro atoms. The Morgan fingerprint density at radius 1 is 1.36 bits per heavy atom. The molecule has 8 heteroatoms. The molecule has 0 aliphatic carbocycles. The fourth-order valence-electron chi connectivity index (χ4n) is 3.06. The van der Waals surface area contributed by atoms with Crippen LogP contribution in [0.4, 0.5) is 0 Å². The summed E-state index contributed by atoms with van der Waals surface area (Å²) in [6, 6.07) is 8.74. The van der Waals surface area contributed by atoms with Crippen molar-refractivity contribution in [2.45, 2.75) is 39.8 Å². The average molecular weight is 419 g/mol. The molecule has 2 amide bonds. The van der Waals surface area contributed by atoms with Crippen LogP contribution in [0, 0.1) is 12.8 Å². The molecular weight excluding hydrogens is 396 g/mol. The Kier molecular flexibility index (Phi) is 6.05. The quantitative estimate of drug-likeness (QED) is 0.612. The second-order valence-electron chi connectivity index (χ2n) is 6.90. The summed E-state index contributed by atoms with van der Waals surface area (Å²) in [4.78, 5) is 25.9. The van der Waals surface area contributed by atoms with Crippen molar-refractivity contribution in [2.24, 2.45) is 11.7 Å². The first kappa shape index (κ1) is 20.4. The van der Waals surface area contributed by atoms with Gasteiger partial charge in [0.2, 0.25) is 5.91 Å². The number of nitrogens with one attached hydrogen (secondary N) is 1. The standard InChI is InChI=1S/C20H23ClN4O2S/c1-4-11(2)17(18(22)26)23-19(27)16-9-14-12(3)24-25(20(14)28-16)10-13-7-5-6-8-15(13)21/h5-9,11,17H,4,10H2,1-3H3,(H2,22,26)(H,23,27). The van der Waals surface area contributed by atoms with Gasteiger partial charge in [0, 0.05) is 10.4 Å². The molecule has 148 valence electrons. The van der Waals surface area contributed by atoms with E-state index in [1.165, 1.54) is 11.3 Å². The molecule has 2 atom stereocenters. The molecule has 2 unspecified atom stereocenters. The Bertz CT molecular complexity index is 1030. The molecule has 0 aliphatic heterocycles. The van der Waals surface area contributed by atoms with Crippen LogP contribution in [0.5, 0.6) is 0 Å². The molecule has 0 fully saturated rings. The minimum Gasteiger partial charge on any atom is -0.368 e. The first-order valence-corrected chi connectivity index (χ1v) is 10.3. The second-order valence-corrected chi connectivity index (χ2v) is 8.34. The number of nitrogens with two attached hydrogens (primary N) is 1. The summed E-state index contributed by atoms with van der Waals surface area (Å²) in [6.07, 6.45) is 0.742. The van der Waals surface area contributed by atoms with E-state index >= 15 is 0 Å². The number of carbonyl (C=O) groups is 2. The van der Waals surface area contributed by atoms with Crippen LogP contribution in [0.3, 0.4) is 0 Å². The molecule has 0 saturated carbocycles. The topological polar surface area (TPSA) is 90.0 Å². The summed E-state index contributed by atoms with van der Waals surface area (Å²) in [7, 11) is 0. The molecule has 3 N–H and O–H groups in total. The Morgan fingerprint density at radius 3 is 2.71 bits per heavy atom. The summed E-state index contributed by atoms with van der Waals surface area (Å²) >= 11 is 7.62. The van der Waals surface area contributed by atoms with E-state index in [-0.39, 0.29) is 11.8 Å². The minimum atomic E-state index is -0.691. The predicted octanol–water partition coefficient (Wildman–Crippen LogP) is 3.74. The Balaban J connectivity index is 1.89. The van der Waals surface area contributed by atoms with E-state index in [0.717, 1.165) is 27.9 Å². The van der Waals surface area contributed by atoms with Crippen LogP contribution in [-0.4, -0.2) is 27.6 Å². The normalized spacial score (nSPS) is 13.4. The zero-order valence-electron chi connectivity index (χ0n) is 16.0. The number of fused-ring (bicyclic) bond motifs is 1. The summed E-state index contributed by atoms with van der Waals surface area (Å²) in [6.45, 7) is 6.28. The predicted molar refractivity (Wildman–Crippen MR) is 113 cm³/mol. The highest BCUT2D eigenvalue weighted by Crippen LogP contribution is 2.30. The van der Waals surface area contributed by atoms with Gasteiger partial charge in [-0.05, 0) is 30.5 Å². The van der Waals surface area contributed by atoms with Crippen molar-refractivity contribution in [3.63, 3.8) is 0 Å². The number of aromatic nitrogens is 2. The monoisotopic (exact) mass is 418 g/mol. The van der Waals surface area contributed by atoms with Gasteiger partial charge in [-0.2, -0.15) is 5.10 Å². The maximum Gasteiger partial charge on any atom is 0.262 e. The number of halogens is 1. The number of primary amides is 1. The third kappa shape index (κ3) is 4.05. The first-order chi connectivity index (χ1) is 13.3. The number of hydrogen-bond donors (Lipinski definition) is 2. The maximum absolute atomic E-state index is 12.7. The van der Waals surface area contributed by atoms with Crippen molar-refractivity contribution in [3.8, 4) is 0 Å². The molecule has 0 radical (unpaired) electrons. The van der Waals surface area contributed by atoms with E-state index in [4.69, 9.17) is 17.3 Å². The average Bonchev–Trinajstić information content (AvgIpc) is 3.22. The summed E-state index contributed by atoms with van der Waals surface area (Å²) < 4.78 is 1.85. The van der Waals surface area contributed by atoms with Gasteiger partial charge in [0.25, 0.3) is 5.91 Å². The van der Waals surface area contributed by atoms with E-state index in [9.17, 15) is 9.59 Å². The molecular formula is C20H23ClN4O2S. The van der Waals surface area contributed by atoms with Crippen molar-refractivity contribution in [1.82, 2.24) is 15.1 Å². The Hall–Kier alpha value is -2.38. The lowest BCUT2D eigenvalue weighted by atomic mass is 9.98. The van der Waals surface area contributed by atoms with Crippen LogP contribution in [0.15, 0.2) is 30.3 Å². The van der Waals surface area contributed by atoms with Gasteiger partial charge in [-0.15, -0.1) is 11.3 Å². The molecule has 28 heavy (non-hydrogen) atoms. The third-order valence-electron chi connectivity index (χ3n) is 4.92. The minimum absolute atomic E-state index is 0.0340. The molecule has 0 bridgehead atoms. The number of rotatable bonds is 7. The van der Waals surface area contributed by atoms with Gasteiger partial charge in [-0.3, -0.25) is 14.3 Å². The Morgan fingerprint density at radius 2 is 2.07 bits per heavy atom. The van der Waals surface area contributed by atoms with E-state index in [0.29, 0.717) is 16.4 Å². The van der Waals surface area contributed by atoms with Gasteiger partial charge < -0.3 is 11.1 Å². The van der Waals surface area contributed by atoms with E-state index in [1.807, 2.05) is 55.8 Å². The molecule has 3 aromatic rings. The van der Waals surface area contributed by atoms with E-state index < -0.39 is 11.9 Å². The number of carbonyl (C=O) groups excluding carboxylic acids is 2. The van der Waals surface area contributed by atoms with Gasteiger partial charge >= 0.3 is 0 Å². The van der Waals surface area contributed by atoms with Crippen LogP contribution < -0.4 is 11.1 Å². The lowest BCUT2D eigenvalue weighted by Crippen LogP contribution is -2.48. The maximum atomic E-state index is 12.7. The second kappa shape index (κ2) is 8.32. The van der Waals surface area contributed by atoms with Gasteiger partial charge in [0.15, 0.2) is 0 Å². The Labute approximate surface area is 172 Å². The third-order valence-corrected chi connectivity index (χ3v) is 6.43. The van der Waals surface area contributed by atoms with Crippen molar-refractivity contribution < 1.29 is 9.59 Å². The van der Waals surface area contributed by atoms with Crippen LogP contribution >= 0.6 is 22.9 Å². The molecule has 3 rings (SSSR count). The van der Waals surface area contributed by atoms with Crippen LogP contribution in [0.2, 0.25) is 5.02 Å². The first-order valence-electron chi connectivity index (χ1n) is 9.12. The van der Waals surface area contributed by atoms with E-state index in [1.54, 1.807) is 0 Å². The number of benzene rings is 1. The highest BCUT2D eigenvalue weighted by Gasteiger charge is 2.25. The SMILES string of the molecule is CCC(C)C(NC(=O)c1cc2c(C)nn(Cc3ccccc3Cl)c2s1)C(N)=O. The fourth-order valence-corrected chi connectivity index (χ4v) is 4.32. The number of amides is 2. The molecule has 1 aromatic carbocycles. The molecule has 0 aliphatic rings. The fraction of sp³-hybridized carbons (Fsp3) is 0.350. The molecule has 6 nitrogen and oxygen atoms in total. The molecule has 0 saturated heterocycles. The smallest absolute Gasteiger partial charge is 0.262 e. The van der Waals surface area contributed by atoms with Gasteiger partial charge in [-0.1, -0.05) is 50.1 Å².